The van der Waals surface area contributed by atoms with Gasteiger partial charge in [0.05, 0.1) is 18.7 Å². The van der Waals surface area contributed by atoms with Gasteiger partial charge in [-0.1, -0.05) is 29.8 Å². The van der Waals surface area contributed by atoms with E-state index in [1.54, 1.807) is 13.2 Å². The van der Waals surface area contributed by atoms with Crippen LogP contribution in [-0.2, 0) is 13.2 Å². The predicted octanol–water partition coefficient (Wildman–Crippen LogP) is 3.13. The highest BCUT2D eigenvalue weighted by Crippen LogP contribution is 2.32. The molecular weight excluding hydrogens is 371 g/mol. The Bertz CT molecular complexity index is 716. The summed E-state index contributed by atoms with van der Waals surface area (Å²) < 4.78 is 24.6. The first-order valence-corrected chi connectivity index (χ1v) is 9.28. The molecule has 2 aromatic rings. The summed E-state index contributed by atoms with van der Waals surface area (Å²) in [6.45, 7) is 3.29. The van der Waals surface area contributed by atoms with Crippen molar-refractivity contribution in [2.45, 2.75) is 19.6 Å². The first-order valence-electron chi connectivity index (χ1n) is 8.90. The van der Waals surface area contributed by atoms with Crippen LogP contribution in [0.1, 0.15) is 17.5 Å². The number of aliphatic hydroxyl groups excluding tert-OH is 1. The number of methoxy groups -OCH3 is 1. The third kappa shape index (κ3) is 6.99. The highest BCUT2D eigenvalue weighted by atomic mass is 35.5. The normalized spacial score (nSPS) is 10.8. The molecule has 0 amide bonds. The van der Waals surface area contributed by atoms with Gasteiger partial charge in [0.1, 0.15) is 12.4 Å². The van der Waals surface area contributed by atoms with Crippen molar-refractivity contribution >= 4 is 11.6 Å². The van der Waals surface area contributed by atoms with E-state index in [1.165, 1.54) is 12.1 Å². The Labute approximate surface area is 164 Å². The van der Waals surface area contributed by atoms with Crippen LogP contribution in [-0.4, -0.2) is 38.5 Å². The van der Waals surface area contributed by atoms with E-state index in [0.717, 1.165) is 25.1 Å². The van der Waals surface area contributed by atoms with Crippen molar-refractivity contribution < 1.29 is 19.0 Å². The van der Waals surface area contributed by atoms with Gasteiger partial charge in [-0.3, -0.25) is 0 Å². The molecule has 3 N–H and O–H groups in total. The Morgan fingerprint density at radius 1 is 1.07 bits per heavy atom. The number of benzene rings is 2. The number of ether oxygens (including phenoxy) is 2. The Kier molecular flexibility index (Phi) is 9.35. The minimum Gasteiger partial charge on any atom is -0.493 e. The molecule has 0 saturated carbocycles. The molecule has 2 rings (SSSR count). The van der Waals surface area contributed by atoms with Crippen molar-refractivity contribution in [3.05, 3.63) is 58.4 Å². The van der Waals surface area contributed by atoms with Crippen molar-refractivity contribution in [3.63, 3.8) is 0 Å². The SMILES string of the molecule is COc1cccc(CNCCCNCCO)c1OCc1ccc(F)cc1Cl. The zero-order valence-corrected chi connectivity index (χ0v) is 16.2. The molecule has 0 spiro atoms. The van der Waals surface area contributed by atoms with Gasteiger partial charge in [-0.2, -0.15) is 0 Å². The Morgan fingerprint density at radius 2 is 1.89 bits per heavy atom. The van der Waals surface area contributed by atoms with Gasteiger partial charge in [-0.25, -0.2) is 4.39 Å². The number of para-hydroxylation sites is 1. The number of nitrogens with one attached hydrogen (secondary N) is 2. The van der Waals surface area contributed by atoms with Crippen LogP contribution in [0.5, 0.6) is 11.5 Å². The van der Waals surface area contributed by atoms with Crippen LogP contribution in [0.3, 0.4) is 0 Å². The van der Waals surface area contributed by atoms with Gasteiger partial charge in [0.2, 0.25) is 0 Å². The molecule has 0 unspecified atom stereocenters. The van der Waals surface area contributed by atoms with Gasteiger partial charge in [0, 0.05) is 24.2 Å². The molecule has 2 aromatic carbocycles. The van der Waals surface area contributed by atoms with Crippen LogP contribution < -0.4 is 20.1 Å². The van der Waals surface area contributed by atoms with E-state index in [1.807, 2.05) is 18.2 Å². The summed E-state index contributed by atoms with van der Waals surface area (Å²) in [6.07, 6.45) is 0.950. The lowest BCUT2D eigenvalue weighted by Crippen LogP contribution is -2.24. The van der Waals surface area contributed by atoms with Crippen molar-refractivity contribution in [3.8, 4) is 11.5 Å². The maximum Gasteiger partial charge on any atom is 0.166 e. The molecule has 0 aliphatic rings. The Balaban J connectivity index is 1.95. The first kappa shape index (κ1) is 21.4. The second-order valence-electron chi connectivity index (χ2n) is 5.98. The molecule has 0 saturated heterocycles. The third-order valence-electron chi connectivity index (χ3n) is 3.98. The van der Waals surface area contributed by atoms with E-state index < -0.39 is 0 Å². The molecule has 0 aliphatic heterocycles. The lowest BCUT2D eigenvalue weighted by Gasteiger charge is -2.16. The summed E-state index contributed by atoms with van der Waals surface area (Å²) in [7, 11) is 1.59. The molecule has 0 fully saturated rings. The fraction of sp³-hybridized carbons (Fsp3) is 0.400. The average Bonchev–Trinajstić information content (AvgIpc) is 2.67. The van der Waals surface area contributed by atoms with E-state index in [2.05, 4.69) is 10.6 Å². The zero-order valence-electron chi connectivity index (χ0n) is 15.4. The van der Waals surface area contributed by atoms with E-state index in [-0.39, 0.29) is 19.0 Å². The number of aliphatic hydroxyl groups is 1. The molecule has 0 radical (unpaired) electrons. The van der Waals surface area contributed by atoms with E-state index in [0.29, 0.717) is 35.2 Å². The van der Waals surface area contributed by atoms with Crippen molar-refractivity contribution in [1.29, 1.82) is 0 Å². The van der Waals surface area contributed by atoms with Gasteiger partial charge >= 0.3 is 0 Å². The quantitative estimate of drug-likeness (QED) is 0.481. The minimum absolute atomic E-state index is 0.149. The maximum absolute atomic E-state index is 13.2. The summed E-state index contributed by atoms with van der Waals surface area (Å²) in [4.78, 5) is 0. The molecule has 7 heteroatoms. The van der Waals surface area contributed by atoms with Crippen LogP contribution in [0.25, 0.3) is 0 Å². The summed E-state index contributed by atoms with van der Waals surface area (Å²) in [5, 5.41) is 15.6. The largest absolute Gasteiger partial charge is 0.493 e. The molecule has 148 valence electrons. The molecule has 27 heavy (non-hydrogen) atoms. The number of halogens is 2. The zero-order chi connectivity index (χ0) is 19.5. The standard InChI is InChI=1S/C20H26ClFN2O3/c1-26-19-5-2-4-15(13-24-9-3-8-23-10-11-25)20(19)27-14-16-6-7-17(22)12-18(16)21/h2,4-7,12,23-25H,3,8-11,13-14H2,1H3. The predicted molar refractivity (Wildman–Crippen MR) is 105 cm³/mol. The third-order valence-corrected chi connectivity index (χ3v) is 4.33. The number of hydrogen-bond acceptors (Lipinski definition) is 5. The van der Waals surface area contributed by atoms with Crippen LogP contribution in [0.2, 0.25) is 5.02 Å². The van der Waals surface area contributed by atoms with Gasteiger partial charge in [-0.15, -0.1) is 0 Å². The van der Waals surface area contributed by atoms with Gasteiger partial charge < -0.3 is 25.2 Å². The first-order chi connectivity index (χ1) is 13.2. The van der Waals surface area contributed by atoms with Crippen LogP contribution >= 0.6 is 11.6 Å². The monoisotopic (exact) mass is 396 g/mol. The topological polar surface area (TPSA) is 62.8 Å². The summed E-state index contributed by atoms with van der Waals surface area (Å²) in [6, 6.07) is 9.97. The van der Waals surface area contributed by atoms with Crippen LogP contribution in [0.4, 0.5) is 4.39 Å². The van der Waals surface area contributed by atoms with Crippen molar-refractivity contribution in [1.82, 2.24) is 10.6 Å². The second kappa shape index (κ2) is 11.8. The molecule has 0 aliphatic carbocycles. The molecule has 5 nitrogen and oxygen atoms in total. The maximum atomic E-state index is 13.2. The summed E-state index contributed by atoms with van der Waals surface area (Å²) >= 11 is 6.08. The van der Waals surface area contributed by atoms with Gasteiger partial charge in [-0.05, 0) is 37.7 Å². The molecule has 0 bridgehead atoms. The molecule has 0 aromatic heterocycles. The summed E-state index contributed by atoms with van der Waals surface area (Å²) in [5.41, 5.74) is 1.67. The van der Waals surface area contributed by atoms with E-state index >= 15 is 0 Å². The van der Waals surface area contributed by atoms with Crippen LogP contribution in [0, 0.1) is 5.82 Å². The average molecular weight is 397 g/mol. The minimum atomic E-state index is -0.376. The lowest BCUT2D eigenvalue weighted by atomic mass is 10.1. The highest BCUT2D eigenvalue weighted by molar-refractivity contribution is 6.31. The van der Waals surface area contributed by atoms with E-state index in [9.17, 15) is 4.39 Å². The Morgan fingerprint density at radius 3 is 2.63 bits per heavy atom. The fourth-order valence-corrected chi connectivity index (χ4v) is 2.80. The smallest absolute Gasteiger partial charge is 0.166 e. The highest BCUT2D eigenvalue weighted by Gasteiger charge is 2.12. The second-order valence-corrected chi connectivity index (χ2v) is 6.38. The lowest BCUT2D eigenvalue weighted by molar-refractivity contribution is 0.280. The fourth-order valence-electron chi connectivity index (χ4n) is 2.58. The molecular formula is C20H26ClFN2O3. The van der Waals surface area contributed by atoms with Crippen molar-refractivity contribution in [2.75, 3.05) is 33.4 Å². The number of rotatable bonds is 12. The van der Waals surface area contributed by atoms with Crippen LogP contribution in [0.15, 0.2) is 36.4 Å². The molecule has 0 heterocycles. The summed E-state index contributed by atoms with van der Waals surface area (Å²) in [5.74, 6) is 0.905. The van der Waals surface area contributed by atoms with Gasteiger partial charge in [0.15, 0.2) is 11.5 Å². The number of hydrogen-bond donors (Lipinski definition) is 3. The van der Waals surface area contributed by atoms with Gasteiger partial charge in [0.25, 0.3) is 0 Å². The Hall–Kier alpha value is -1.86. The van der Waals surface area contributed by atoms with Crippen molar-refractivity contribution in [2.24, 2.45) is 0 Å². The van der Waals surface area contributed by atoms with E-state index in [4.69, 9.17) is 26.2 Å². The molecule has 0 atom stereocenters.